The fourth-order valence-electron chi connectivity index (χ4n) is 10.5. The number of allylic oxidation sites excluding steroid dienone is 6. The number of rotatable bonds is 12. The highest BCUT2D eigenvalue weighted by atomic mass is 16.5. The molecule has 2 aromatic heterocycles. The summed E-state index contributed by atoms with van der Waals surface area (Å²) in [6.07, 6.45) is 14.9. The van der Waals surface area contributed by atoms with Crippen LogP contribution in [-0.4, -0.2) is 39.8 Å². The molecule has 4 aliphatic carbocycles. The molecule has 0 saturated carbocycles. The van der Waals surface area contributed by atoms with Crippen LogP contribution < -0.4 is 9.47 Å². The van der Waals surface area contributed by atoms with Crippen molar-refractivity contribution in [1.82, 2.24) is 9.13 Å². The van der Waals surface area contributed by atoms with Gasteiger partial charge in [-0.2, -0.15) is 0 Å². The number of aromatic hydroxyl groups is 6. The fraction of sp³-hybridized carbons (Fsp3) is 0.216. The van der Waals surface area contributed by atoms with E-state index in [0.29, 0.717) is 35.7 Å². The summed E-state index contributed by atoms with van der Waals surface area (Å²) >= 11 is 0. The molecule has 4 unspecified atom stereocenters. The van der Waals surface area contributed by atoms with Gasteiger partial charge in [-0.05, 0) is 85.3 Å². The summed E-state index contributed by atoms with van der Waals surface area (Å²) in [6.45, 7) is 12.0. The van der Waals surface area contributed by atoms with Crippen LogP contribution in [0.1, 0.15) is 84.7 Å². The van der Waals surface area contributed by atoms with Crippen LogP contribution in [0.2, 0.25) is 0 Å². The quantitative estimate of drug-likeness (QED) is 0.0669. The van der Waals surface area contributed by atoms with Crippen LogP contribution in [0.3, 0.4) is 0 Å². The summed E-state index contributed by atoms with van der Waals surface area (Å²) in [4.78, 5) is 0. The van der Waals surface area contributed by atoms with E-state index in [1.807, 2.05) is 60.7 Å². The Morgan fingerprint density at radius 3 is 1.34 bits per heavy atom. The van der Waals surface area contributed by atoms with Gasteiger partial charge in [-0.15, -0.1) is 13.2 Å². The summed E-state index contributed by atoms with van der Waals surface area (Å²) in [7, 11) is 0. The molecular weight excluding hydrogens is 769 g/mol. The molecule has 61 heavy (non-hydrogen) atoms. The van der Waals surface area contributed by atoms with Crippen molar-refractivity contribution >= 4 is 0 Å². The molecule has 6 N–H and O–H groups in total. The fourth-order valence-corrected chi connectivity index (χ4v) is 10.5. The Bertz CT molecular complexity index is 2670. The van der Waals surface area contributed by atoms with Crippen LogP contribution >= 0.6 is 0 Å². The average molecular weight is 815 g/mol. The summed E-state index contributed by atoms with van der Waals surface area (Å²) < 4.78 is 14.9. The number of nitrogens with zero attached hydrogens (tertiary/aromatic N) is 2. The van der Waals surface area contributed by atoms with E-state index in [-0.39, 0.29) is 58.4 Å². The van der Waals surface area contributed by atoms with Crippen molar-refractivity contribution in [3.8, 4) is 69.4 Å². The highest BCUT2D eigenvalue weighted by Crippen LogP contribution is 2.63. The molecule has 308 valence electrons. The van der Waals surface area contributed by atoms with Gasteiger partial charge < -0.3 is 40.1 Å². The Morgan fingerprint density at radius 1 is 0.590 bits per heavy atom. The third kappa shape index (κ3) is 5.54. The minimum atomic E-state index is -0.411. The van der Waals surface area contributed by atoms with Crippen molar-refractivity contribution in [2.75, 3.05) is 0 Å². The van der Waals surface area contributed by atoms with Crippen LogP contribution in [0.25, 0.3) is 11.4 Å². The second kappa shape index (κ2) is 13.4. The van der Waals surface area contributed by atoms with E-state index >= 15 is 0 Å². The van der Waals surface area contributed by atoms with Gasteiger partial charge in [-0.25, -0.2) is 0 Å². The van der Waals surface area contributed by atoms with Gasteiger partial charge in [0.1, 0.15) is 11.5 Å². The first-order chi connectivity index (χ1) is 29.3. The first kappa shape index (κ1) is 38.0. The lowest BCUT2D eigenvalue weighted by Gasteiger charge is -2.26. The number of ether oxygens (including phenoxy) is 2. The van der Waals surface area contributed by atoms with E-state index in [1.165, 1.54) is 21.3 Å². The zero-order valence-corrected chi connectivity index (χ0v) is 33.8. The van der Waals surface area contributed by atoms with Gasteiger partial charge >= 0.3 is 0 Å². The third-order valence-corrected chi connectivity index (χ3v) is 13.5. The van der Waals surface area contributed by atoms with Gasteiger partial charge in [0.2, 0.25) is 23.5 Å². The highest BCUT2D eigenvalue weighted by molar-refractivity contribution is 5.68. The lowest BCUT2D eigenvalue weighted by Crippen LogP contribution is -2.18. The van der Waals surface area contributed by atoms with E-state index in [4.69, 9.17) is 9.47 Å². The smallest absolute Gasteiger partial charge is 0.203 e. The van der Waals surface area contributed by atoms with Crippen molar-refractivity contribution < 1.29 is 40.1 Å². The number of phenols is 2. The first-order valence-electron chi connectivity index (χ1n) is 20.5. The third-order valence-electron chi connectivity index (χ3n) is 13.5. The summed E-state index contributed by atoms with van der Waals surface area (Å²) in [5.41, 5.74) is 4.54. The number of aromatic nitrogens is 2. The van der Waals surface area contributed by atoms with Crippen LogP contribution in [0, 0.1) is 0 Å². The zero-order chi connectivity index (χ0) is 42.6. The maximum Gasteiger partial charge on any atom is 0.203 e. The molecule has 2 heterocycles. The van der Waals surface area contributed by atoms with Crippen molar-refractivity contribution in [3.05, 3.63) is 168 Å². The Morgan fingerprint density at radius 2 is 0.984 bits per heavy atom. The first-order valence-corrected chi connectivity index (χ1v) is 20.5. The van der Waals surface area contributed by atoms with Crippen molar-refractivity contribution in [1.29, 1.82) is 0 Å². The molecule has 0 aliphatic heterocycles. The van der Waals surface area contributed by atoms with E-state index in [2.05, 4.69) is 51.3 Å². The van der Waals surface area contributed by atoms with E-state index < -0.39 is 16.2 Å². The molecule has 4 bridgehead atoms. The number of fused-ring (bicyclic) bond motifs is 10. The minimum Gasteiger partial charge on any atom is -0.504 e. The van der Waals surface area contributed by atoms with E-state index in [0.717, 1.165) is 46.2 Å². The molecule has 4 atom stereocenters. The average Bonchev–Trinajstić information content (AvgIpc) is 4.08. The van der Waals surface area contributed by atoms with Crippen molar-refractivity contribution in [2.24, 2.45) is 0 Å². The molecule has 4 aliphatic rings. The SMILES string of the molecule is C=CCC12C=CC(C1)c1c2c(O)n(-c2ccc(Oc3ccc(C(C)(C)c4ccc(Oc5ccc(-n6c(O)c7c(c6O)C6(CC=C)C=CC7C6)cc5O)cc4)cc3)c(O)c2)c1O. The standard InChI is InChI=1S/C51H46N2O8/c1-5-21-50-23-19-29(27-50)41-43(50)47(58)52(45(41)56)33-11-17-39(37(54)25-33)60-35-13-7-31(8-14-35)49(3,4)32-9-15-36(16-10-32)61-40-18-12-34(26-38(40)55)53-46(57)42-30-20-24-51(28-30,22-6-2)44(42)48(53)59/h5-20,23-26,29-30,54-59H,1-2,21-22,27-28H2,3-4H3. The highest BCUT2D eigenvalue weighted by Gasteiger charge is 2.52. The molecule has 10 heteroatoms. The van der Waals surface area contributed by atoms with Crippen LogP contribution in [-0.2, 0) is 16.2 Å². The topological polar surface area (TPSA) is 150 Å². The minimum absolute atomic E-state index is 0.0157. The Labute approximate surface area is 353 Å². The molecule has 6 aromatic rings. The van der Waals surface area contributed by atoms with Gasteiger partial charge in [0, 0.05) is 62.5 Å². The molecule has 0 fully saturated rings. The van der Waals surface area contributed by atoms with Crippen LogP contribution in [0.5, 0.6) is 58.0 Å². The van der Waals surface area contributed by atoms with Crippen LogP contribution in [0.4, 0.5) is 0 Å². The number of phenolic OH excluding ortho intramolecular Hbond substituents is 2. The van der Waals surface area contributed by atoms with Gasteiger partial charge in [-0.1, -0.05) is 74.6 Å². The zero-order valence-electron chi connectivity index (χ0n) is 33.8. The summed E-state index contributed by atoms with van der Waals surface area (Å²) in [5, 5.41) is 67.2. The maximum absolute atomic E-state index is 11.3. The predicted octanol–water partition coefficient (Wildman–Crippen LogP) is 11.2. The van der Waals surface area contributed by atoms with Crippen molar-refractivity contribution in [2.45, 2.75) is 67.6 Å². The van der Waals surface area contributed by atoms with Gasteiger partial charge in [0.15, 0.2) is 23.0 Å². The second-order valence-electron chi connectivity index (χ2n) is 17.4. The van der Waals surface area contributed by atoms with Gasteiger partial charge in [-0.3, -0.25) is 9.13 Å². The summed E-state index contributed by atoms with van der Waals surface area (Å²) in [6, 6.07) is 24.8. The number of hydrogen-bond acceptors (Lipinski definition) is 8. The molecule has 10 rings (SSSR count). The van der Waals surface area contributed by atoms with Crippen LogP contribution in [0.15, 0.2) is 135 Å². The number of hydrogen-bond donors (Lipinski definition) is 6. The molecule has 10 nitrogen and oxygen atoms in total. The normalized spacial score (nSPS) is 21.5. The Hall–Kier alpha value is -7.20. The summed E-state index contributed by atoms with van der Waals surface area (Å²) in [5.74, 6) is 1.08. The Balaban J connectivity index is 0.816. The van der Waals surface area contributed by atoms with E-state index in [1.54, 1.807) is 24.3 Å². The predicted molar refractivity (Wildman–Crippen MR) is 233 cm³/mol. The molecular formula is C51H46N2O8. The largest absolute Gasteiger partial charge is 0.504 e. The molecule has 0 amide bonds. The molecule has 4 aromatic carbocycles. The van der Waals surface area contributed by atoms with Gasteiger partial charge in [0.25, 0.3) is 0 Å². The molecule has 0 saturated heterocycles. The molecule has 0 spiro atoms. The van der Waals surface area contributed by atoms with Crippen molar-refractivity contribution in [3.63, 3.8) is 0 Å². The van der Waals surface area contributed by atoms with E-state index in [9.17, 15) is 30.6 Å². The second-order valence-corrected chi connectivity index (χ2v) is 17.4. The van der Waals surface area contributed by atoms with Gasteiger partial charge in [0.05, 0.1) is 11.4 Å². The monoisotopic (exact) mass is 814 g/mol. The maximum atomic E-state index is 11.3. The lowest BCUT2D eigenvalue weighted by atomic mass is 9.78. The molecule has 0 radical (unpaired) electrons. The Kier molecular flexibility index (Phi) is 8.36. The number of benzene rings is 4. The lowest BCUT2D eigenvalue weighted by molar-refractivity contribution is 0.384.